The van der Waals surface area contributed by atoms with E-state index in [4.69, 9.17) is 0 Å². The summed E-state index contributed by atoms with van der Waals surface area (Å²) in [6, 6.07) is 4.78. The number of benzene rings is 1. The summed E-state index contributed by atoms with van der Waals surface area (Å²) in [6.45, 7) is 11.8. The van der Waals surface area contributed by atoms with Crippen LogP contribution in [0.15, 0.2) is 12.1 Å². The molecule has 1 aromatic carbocycles. The minimum absolute atomic E-state index is 0.138. The Morgan fingerprint density at radius 3 is 1.52 bits per heavy atom. The van der Waals surface area contributed by atoms with Gasteiger partial charge < -0.3 is 5.11 Å². The van der Waals surface area contributed by atoms with Gasteiger partial charge in [-0.3, -0.25) is 0 Å². The molecule has 0 heterocycles. The van der Waals surface area contributed by atoms with Crippen molar-refractivity contribution in [1.82, 2.24) is 0 Å². The first kappa shape index (κ1) is 20.7. The molecule has 0 unspecified atom stereocenters. The fourth-order valence-corrected chi connectivity index (χ4v) is 5.95. The standard InChI is InChI=1S/C26H42O/c1-25(2,3)18-26(4,5)21-16-22(19-12-8-6-9-13-19)24(27)23(17-21)20-14-10-7-11-15-20/h16-17,19-20,27H,6-15,18H2,1-5H3. The Morgan fingerprint density at radius 2 is 1.15 bits per heavy atom. The molecule has 0 amide bonds. The third-order valence-corrected chi connectivity index (χ3v) is 7.01. The molecule has 1 N–H and O–H groups in total. The number of hydrogen-bond acceptors (Lipinski definition) is 1. The van der Waals surface area contributed by atoms with Crippen molar-refractivity contribution in [1.29, 1.82) is 0 Å². The Balaban J connectivity index is 2.04. The number of phenols is 1. The zero-order chi connectivity index (χ0) is 19.7. The maximum absolute atomic E-state index is 11.3. The Kier molecular flexibility index (Phi) is 6.28. The average molecular weight is 371 g/mol. The molecule has 1 aromatic rings. The van der Waals surface area contributed by atoms with Crippen molar-refractivity contribution in [2.75, 3.05) is 0 Å². The van der Waals surface area contributed by atoms with E-state index < -0.39 is 0 Å². The first-order valence-corrected chi connectivity index (χ1v) is 11.5. The van der Waals surface area contributed by atoms with E-state index in [2.05, 4.69) is 46.8 Å². The second-order valence-electron chi connectivity index (χ2n) is 11.3. The maximum atomic E-state index is 11.3. The molecule has 1 heteroatoms. The van der Waals surface area contributed by atoms with Gasteiger partial charge in [0.05, 0.1) is 0 Å². The van der Waals surface area contributed by atoms with Crippen LogP contribution >= 0.6 is 0 Å². The lowest BCUT2D eigenvalue weighted by Gasteiger charge is -2.35. The van der Waals surface area contributed by atoms with Gasteiger partial charge in [-0.2, -0.15) is 0 Å². The van der Waals surface area contributed by atoms with Gasteiger partial charge in [0.15, 0.2) is 0 Å². The Hall–Kier alpha value is -0.980. The summed E-state index contributed by atoms with van der Waals surface area (Å²) in [5.41, 5.74) is 4.44. The average Bonchev–Trinajstić information content (AvgIpc) is 2.61. The van der Waals surface area contributed by atoms with Crippen molar-refractivity contribution >= 4 is 0 Å². The van der Waals surface area contributed by atoms with Crippen LogP contribution in [0, 0.1) is 5.41 Å². The minimum Gasteiger partial charge on any atom is -0.507 e. The van der Waals surface area contributed by atoms with Crippen LogP contribution in [0.5, 0.6) is 5.75 Å². The lowest BCUT2D eigenvalue weighted by molar-refractivity contribution is 0.283. The Bertz CT molecular complexity index is 583. The number of aromatic hydroxyl groups is 1. The maximum Gasteiger partial charge on any atom is 0.122 e. The topological polar surface area (TPSA) is 20.2 Å². The summed E-state index contributed by atoms with van der Waals surface area (Å²) in [7, 11) is 0. The van der Waals surface area contributed by atoms with Crippen LogP contribution in [0.4, 0.5) is 0 Å². The van der Waals surface area contributed by atoms with Gasteiger partial charge in [-0.15, -0.1) is 0 Å². The van der Waals surface area contributed by atoms with E-state index in [1.807, 2.05) is 0 Å². The van der Waals surface area contributed by atoms with E-state index in [0.29, 0.717) is 23.0 Å². The lowest BCUT2D eigenvalue weighted by atomic mass is 9.69. The van der Waals surface area contributed by atoms with Crippen molar-refractivity contribution in [3.63, 3.8) is 0 Å². The highest BCUT2D eigenvalue weighted by Crippen LogP contribution is 2.47. The van der Waals surface area contributed by atoms with Crippen molar-refractivity contribution in [3.8, 4) is 5.75 Å². The molecule has 0 aliphatic heterocycles. The van der Waals surface area contributed by atoms with Gasteiger partial charge in [-0.05, 0) is 71.5 Å². The van der Waals surface area contributed by atoms with Crippen molar-refractivity contribution in [2.45, 2.75) is 122 Å². The molecular formula is C26H42O. The molecule has 2 aliphatic rings. The van der Waals surface area contributed by atoms with E-state index in [0.717, 1.165) is 0 Å². The van der Waals surface area contributed by atoms with Crippen LogP contribution in [-0.4, -0.2) is 5.11 Å². The predicted molar refractivity (Wildman–Crippen MR) is 117 cm³/mol. The molecule has 152 valence electrons. The first-order valence-electron chi connectivity index (χ1n) is 11.5. The van der Waals surface area contributed by atoms with E-state index in [-0.39, 0.29) is 5.41 Å². The lowest BCUT2D eigenvalue weighted by Crippen LogP contribution is -2.25. The largest absolute Gasteiger partial charge is 0.507 e. The van der Waals surface area contributed by atoms with Crippen LogP contribution in [-0.2, 0) is 5.41 Å². The zero-order valence-corrected chi connectivity index (χ0v) is 18.5. The molecule has 0 spiro atoms. The quantitative estimate of drug-likeness (QED) is 0.566. The molecule has 0 atom stereocenters. The molecule has 27 heavy (non-hydrogen) atoms. The van der Waals surface area contributed by atoms with Gasteiger partial charge in [-0.1, -0.05) is 85.3 Å². The van der Waals surface area contributed by atoms with Gasteiger partial charge >= 0.3 is 0 Å². The monoisotopic (exact) mass is 370 g/mol. The smallest absolute Gasteiger partial charge is 0.122 e. The highest BCUT2D eigenvalue weighted by atomic mass is 16.3. The number of rotatable bonds is 4. The van der Waals surface area contributed by atoms with Gasteiger partial charge in [0.2, 0.25) is 0 Å². The van der Waals surface area contributed by atoms with Gasteiger partial charge in [0.25, 0.3) is 0 Å². The Labute approximate surface area is 168 Å². The van der Waals surface area contributed by atoms with Crippen LogP contribution in [0.1, 0.15) is 134 Å². The fourth-order valence-electron chi connectivity index (χ4n) is 5.95. The summed E-state index contributed by atoms with van der Waals surface area (Å²) >= 11 is 0. The van der Waals surface area contributed by atoms with Crippen molar-refractivity contribution < 1.29 is 5.11 Å². The second kappa shape index (κ2) is 8.18. The van der Waals surface area contributed by atoms with E-state index >= 15 is 0 Å². The SMILES string of the molecule is CC(C)(C)CC(C)(C)c1cc(C2CCCCC2)c(O)c(C2CCCCC2)c1. The third kappa shape index (κ3) is 5.09. The van der Waals surface area contributed by atoms with E-state index in [1.54, 1.807) is 0 Å². The Morgan fingerprint density at radius 1 is 0.741 bits per heavy atom. The van der Waals surface area contributed by atoms with Crippen LogP contribution in [0.25, 0.3) is 0 Å². The second-order valence-corrected chi connectivity index (χ2v) is 11.3. The molecule has 0 radical (unpaired) electrons. The van der Waals surface area contributed by atoms with Gasteiger partial charge in [0.1, 0.15) is 5.75 Å². The fraction of sp³-hybridized carbons (Fsp3) is 0.769. The van der Waals surface area contributed by atoms with Crippen molar-refractivity contribution in [3.05, 3.63) is 28.8 Å². The normalized spacial score (nSPS) is 20.8. The van der Waals surface area contributed by atoms with Gasteiger partial charge in [-0.25, -0.2) is 0 Å². The molecule has 0 bridgehead atoms. The van der Waals surface area contributed by atoms with Crippen LogP contribution < -0.4 is 0 Å². The zero-order valence-electron chi connectivity index (χ0n) is 18.5. The summed E-state index contributed by atoms with van der Waals surface area (Å²) < 4.78 is 0. The third-order valence-electron chi connectivity index (χ3n) is 7.01. The molecule has 0 aromatic heterocycles. The van der Waals surface area contributed by atoms with E-state index in [1.165, 1.54) is 87.3 Å². The highest BCUT2D eigenvalue weighted by molar-refractivity contribution is 5.49. The summed E-state index contributed by atoms with van der Waals surface area (Å²) in [5, 5.41) is 11.3. The minimum atomic E-state index is 0.138. The van der Waals surface area contributed by atoms with Gasteiger partial charge in [0, 0.05) is 0 Å². The molecule has 3 rings (SSSR count). The molecule has 2 aliphatic carbocycles. The predicted octanol–water partition coefficient (Wildman–Crippen LogP) is 8.20. The summed E-state index contributed by atoms with van der Waals surface area (Å²) in [4.78, 5) is 0. The number of phenolic OH excluding ortho intramolecular Hbond substituents is 1. The molecule has 2 fully saturated rings. The first-order chi connectivity index (χ1) is 12.7. The van der Waals surface area contributed by atoms with E-state index in [9.17, 15) is 5.11 Å². The van der Waals surface area contributed by atoms with Crippen LogP contribution in [0.2, 0.25) is 0 Å². The molecular weight excluding hydrogens is 328 g/mol. The summed E-state index contributed by atoms with van der Waals surface area (Å²) in [6.07, 6.45) is 14.2. The highest BCUT2D eigenvalue weighted by Gasteiger charge is 2.32. The molecule has 0 saturated heterocycles. The van der Waals surface area contributed by atoms with Crippen molar-refractivity contribution in [2.24, 2.45) is 5.41 Å². The molecule has 1 nitrogen and oxygen atoms in total. The van der Waals surface area contributed by atoms with Crippen LogP contribution in [0.3, 0.4) is 0 Å². The number of hydrogen-bond donors (Lipinski definition) is 1. The summed E-state index contributed by atoms with van der Waals surface area (Å²) in [5.74, 6) is 1.78. The molecule has 2 saturated carbocycles.